The summed E-state index contributed by atoms with van der Waals surface area (Å²) in [5.41, 5.74) is -0.597. The smallest absolute Gasteiger partial charge is 0.433 e. The lowest BCUT2D eigenvalue weighted by atomic mass is 10.3. The van der Waals surface area contributed by atoms with E-state index in [4.69, 9.17) is 4.74 Å². The van der Waals surface area contributed by atoms with Crippen molar-refractivity contribution in [2.24, 2.45) is 0 Å². The highest BCUT2D eigenvalue weighted by atomic mass is 19.4. The van der Waals surface area contributed by atoms with E-state index in [0.717, 1.165) is 10.7 Å². The molecule has 0 radical (unpaired) electrons. The Morgan fingerprint density at radius 3 is 2.50 bits per heavy atom. The normalized spacial score (nSPS) is 11.6. The fraction of sp³-hybridized carbons (Fsp3) is 0.273. The number of pyridine rings is 1. The molecule has 2 aromatic heterocycles. The Kier molecular flexibility index (Phi) is 3.22. The molecule has 0 aliphatic heterocycles. The van der Waals surface area contributed by atoms with Gasteiger partial charge in [-0.15, -0.1) is 5.10 Å². The standard InChI is InChI=1S/C11H10F3N3O/c1-2-18-10-7-9(11(12,13)14)17(16-10)8-3-5-15-6-4-8/h3-7H,2H2,1H3. The van der Waals surface area contributed by atoms with Crippen molar-refractivity contribution in [3.63, 3.8) is 0 Å². The van der Waals surface area contributed by atoms with Crippen LogP contribution in [0.25, 0.3) is 5.69 Å². The summed E-state index contributed by atoms with van der Waals surface area (Å²) in [5.74, 6) is -0.0540. The Bertz CT molecular complexity index is 522. The molecule has 2 rings (SSSR count). The van der Waals surface area contributed by atoms with Gasteiger partial charge in [-0.05, 0) is 19.1 Å². The monoisotopic (exact) mass is 257 g/mol. The Hall–Kier alpha value is -2.05. The number of hydrogen-bond donors (Lipinski definition) is 0. The van der Waals surface area contributed by atoms with Crippen molar-refractivity contribution in [3.05, 3.63) is 36.3 Å². The molecule has 0 saturated carbocycles. The third-order valence-electron chi connectivity index (χ3n) is 2.18. The molecule has 0 amide bonds. The highest BCUT2D eigenvalue weighted by molar-refractivity contribution is 5.33. The van der Waals surface area contributed by atoms with Crippen molar-refractivity contribution in [2.45, 2.75) is 13.1 Å². The Morgan fingerprint density at radius 2 is 1.94 bits per heavy atom. The molecule has 4 nitrogen and oxygen atoms in total. The Morgan fingerprint density at radius 1 is 1.28 bits per heavy atom. The maximum atomic E-state index is 12.9. The van der Waals surface area contributed by atoms with Crippen molar-refractivity contribution < 1.29 is 17.9 Å². The number of hydrogen-bond acceptors (Lipinski definition) is 3. The molecule has 0 aliphatic rings. The van der Waals surface area contributed by atoms with Crippen LogP contribution in [0.15, 0.2) is 30.6 Å². The molecule has 7 heteroatoms. The topological polar surface area (TPSA) is 39.9 Å². The molecule has 0 aliphatic carbocycles. The predicted octanol–water partition coefficient (Wildman–Crippen LogP) is 2.68. The summed E-state index contributed by atoms with van der Waals surface area (Å²) in [4.78, 5) is 3.75. The first-order chi connectivity index (χ1) is 8.52. The second kappa shape index (κ2) is 4.67. The third kappa shape index (κ3) is 2.44. The summed E-state index contributed by atoms with van der Waals surface area (Å²) < 4.78 is 44.4. The first-order valence-electron chi connectivity index (χ1n) is 5.23. The minimum absolute atomic E-state index is 0.0540. The minimum Gasteiger partial charge on any atom is -0.477 e. The van der Waals surface area contributed by atoms with E-state index < -0.39 is 11.9 Å². The number of alkyl halides is 3. The minimum atomic E-state index is -4.49. The van der Waals surface area contributed by atoms with Crippen LogP contribution in [0.2, 0.25) is 0 Å². The molecule has 0 N–H and O–H groups in total. The molecule has 96 valence electrons. The van der Waals surface area contributed by atoms with Crippen LogP contribution >= 0.6 is 0 Å². The summed E-state index contributed by atoms with van der Waals surface area (Å²) >= 11 is 0. The highest BCUT2D eigenvalue weighted by Gasteiger charge is 2.36. The van der Waals surface area contributed by atoms with Gasteiger partial charge in [0.2, 0.25) is 5.88 Å². The van der Waals surface area contributed by atoms with Gasteiger partial charge >= 0.3 is 6.18 Å². The number of aromatic nitrogens is 3. The second-order valence-corrected chi connectivity index (χ2v) is 3.42. The first-order valence-corrected chi connectivity index (χ1v) is 5.23. The molecule has 0 saturated heterocycles. The largest absolute Gasteiger partial charge is 0.477 e. The molecule has 0 bridgehead atoms. The van der Waals surface area contributed by atoms with Gasteiger partial charge in [0, 0.05) is 18.5 Å². The average Bonchev–Trinajstić information content (AvgIpc) is 2.75. The molecule has 0 unspecified atom stereocenters. The van der Waals surface area contributed by atoms with Crippen LogP contribution in [0, 0.1) is 0 Å². The van der Waals surface area contributed by atoms with Gasteiger partial charge in [0.1, 0.15) is 0 Å². The lowest BCUT2D eigenvalue weighted by molar-refractivity contribution is -0.142. The summed E-state index contributed by atoms with van der Waals surface area (Å²) in [6.07, 6.45) is -1.69. The predicted molar refractivity (Wildman–Crippen MR) is 57.5 cm³/mol. The van der Waals surface area contributed by atoms with E-state index in [9.17, 15) is 13.2 Å². The number of halogens is 3. The molecular weight excluding hydrogens is 247 g/mol. The quantitative estimate of drug-likeness (QED) is 0.848. The van der Waals surface area contributed by atoms with Gasteiger partial charge in [-0.2, -0.15) is 13.2 Å². The third-order valence-corrected chi connectivity index (χ3v) is 2.18. The number of nitrogens with zero attached hydrogens (tertiary/aromatic N) is 3. The van der Waals surface area contributed by atoms with Crippen molar-refractivity contribution in [3.8, 4) is 11.6 Å². The van der Waals surface area contributed by atoms with Crippen LogP contribution < -0.4 is 4.74 Å². The second-order valence-electron chi connectivity index (χ2n) is 3.42. The maximum Gasteiger partial charge on any atom is 0.433 e. The van der Waals surface area contributed by atoms with Crippen LogP contribution in [0.4, 0.5) is 13.2 Å². The molecule has 0 aromatic carbocycles. The van der Waals surface area contributed by atoms with E-state index in [1.165, 1.54) is 24.5 Å². The van der Waals surface area contributed by atoms with Crippen molar-refractivity contribution in [1.82, 2.24) is 14.8 Å². The van der Waals surface area contributed by atoms with Gasteiger partial charge in [0.15, 0.2) is 5.69 Å². The zero-order valence-electron chi connectivity index (χ0n) is 9.48. The molecule has 0 fully saturated rings. The Labute approximate surface area is 101 Å². The van der Waals surface area contributed by atoms with Gasteiger partial charge in [0.05, 0.1) is 12.3 Å². The molecule has 2 aromatic rings. The van der Waals surface area contributed by atoms with Gasteiger partial charge in [-0.3, -0.25) is 4.98 Å². The SMILES string of the molecule is CCOc1cc(C(F)(F)F)n(-c2ccncc2)n1. The Balaban J connectivity index is 2.51. The highest BCUT2D eigenvalue weighted by Crippen LogP contribution is 2.33. The summed E-state index contributed by atoms with van der Waals surface area (Å²) in [6, 6.07) is 3.76. The zero-order valence-corrected chi connectivity index (χ0v) is 9.48. The fourth-order valence-corrected chi connectivity index (χ4v) is 1.46. The summed E-state index contributed by atoms with van der Waals surface area (Å²) in [7, 11) is 0. The van der Waals surface area contributed by atoms with Crippen LogP contribution in [0.5, 0.6) is 5.88 Å². The van der Waals surface area contributed by atoms with Crippen molar-refractivity contribution in [2.75, 3.05) is 6.61 Å². The first kappa shape index (κ1) is 12.4. The maximum absolute atomic E-state index is 12.9. The molecule has 18 heavy (non-hydrogen) atoms. The molecule has 0 spiro atoms. The number of ether oxygens (including phenoxy) is 1. The van der Waals surface area contributed by atoms with Gasteiger partial charge < -0.3 is 4.74 Å². The average molecular weight is 257 g/mol. The summed E-state index contributed by atoms with van der Waals surface area (Å²) in [5, 5.41) is 3.78. The van der Waals surface area contributed by atoms with Gasteiger partial charge in [-0.1, -0.05) is 0 Å². The van der Waals surface area contributed by atoms with Gasteiger partial charge in [0.25, 0.3) is 0 Å². The van der Waals surface area contributed by atoms with Gasteiger partial charge in [-0.25, -0.2) is 4.68 Å². The lowest BCUT2D eigenvalue weighted by Gasteiger charge is -2.09. The van der Waals surface area contributed by atoms with Crippen LogP contribution in [0.3, 0.4) is 0 Å². The van der Waals surface area contributed by atoms with E-state index in [0.29, 0.717) is 0 Å². The number of rotatable bonds is 3. The zero-order chi connectivity index (χ0) is 13.2. The van der Waals surface area contributed by atoms with Crippen LogP contribution in [0.1, 0.15) is 12.6 Å². The van der Waals surface area contributed by atoms with E-state index in [1.54, 1.807) is 6.92 Å². The van der Waals surface area contributed by atoms with Crippen molar-refractivity contribution in [1.29, 1.82) is 0 Å². The van der Waals surface area contributed by atoms with Crippen LogP contribution in [-0.4, -0.2) is 21.4 Å². The van der Waals surface area contributed by atoms with E-state index >= 15 is 0 Å². The molecule has 0 atom stereocenters. The molecular formula is C11H10F3N3O. The van der Waals surface area contributed by atoms with Crippen molar-refractivity contribution >= 4 is 0 Å². The molecule has 2 heterocycles. The lowest BCUT2D eigenvalue weighted by Crippen LogP contribution is -2.13. The van der Waals surface area contributed by atoms with E-state index in [1.807, 2.05) is 0 Å². The fourth-order valence-electron chi connectivity index (χ4n) is 1.46. The van der Waals surface area contributed by atoms with E-state index in [-0.39, 0.29) is 18.2 Å². The van der Waals surface area contributed by atoms with Crippen LogP contribution in [-0.2, 0) is 6.18 Å². The summed E-state index contributed by atoms with van der Waals surface area (Å²) in [6.45, 7) is 1.93. The van der Waals surface area contributed by atoms with E-state index in [2.05, 4.69) is 10.1 Å².